The Bertz CT molecular complexity index is 1640. The van der Waals surface area contributed by atoms with E-state index in [-0.39, 0.29) is 0 Å². The van der Waals surface area contributed by atoms with Gasteiger partial charge in [-0.15, -0.1) is 0 Å². The average Bonchev–Trinajstić information content (AvgIpc) is 2.93. The number of nitrogens with zero attached hydrogens (tertiary/aromatic N) is 2. The van der Waals surface area contributed by atoms with Gasteiger partial charge in [0.1, 0.15) is 0 Å². The maximum absolute atomic E-state index is 2.48. The summed E-state index contributed by atoms with van der Waals surface area (Å²) >= 11 is 3.72. The summed E-state index contributed by atoms with van der Waals surface area (Å²) < 4.78 is 5.10. The molecule has 1 aromatic heterocycles. The molecule has 0 N–H and O–H groups in total. The SMILES string of the molecule is c1ccc(C[n+]2c3ccccc3[s+]c3ccccc32)c(CN2c3ccccc3Sc3ccccc32)c1. The van der Waals surface area contributed by atoms with Gasteiger partial charge in [0.05, 0.1) is 11.4 Å². The second-order valence-corrected chi connectivity index (χ2v) is 11.2. The largest absolute Gasteiger partial charge is 0.335 e. The summed E-state index contributed by atoms with van der Waals surface area (Å²) in [5, 5.41) is 0. The minimum atomic E-state index is 0.830. The van der Waals surface area contributed by atoms with Crippen molar-refractivity contribution in [3.63, 3.8) is 0 Å². The monoisotopic (exact) mass is 500 g/mol. The molecule has 0 bridgehead atoms. The molecule has 6 aromatic rings. The quantitative estimate of drug-likeness (QED) is 0.136. The van der Waals surface area contributed by atoms with Crippen LogP contribution in [0.25, 0.3) is 20.4 Å². The van der Waals surface area contributed by atoms with E-state index >= 15 is 0 Å². The van der Waals surface area contributed by atoms with Gasteiger partial charge in [-0.1, -0.05) is 84.6 Å². The van der Waals surface area contributed by atoms with Crippen LogP contribution in [0.1, 0.15) is 11.1 Å². The topological polar surface area (TPSA) is 7.12 Å². The highest BCUT2D eigenvalue weighted by atomic mass is 32.2. The molecule has 0 amide bonds. The summed E-state index contributed by atoms with van der Waals surface area (Å²) in [7, 11) is 0. The lowest BCUT2D eigenvalue weighted by molar-refractivity contribution is -0.635. The Morgan fingerprint density at radius 2 is 1.06 bits per heavy atom. The van der Waals surface area contributed by atoms with Gasteiger partial charge in [0.25, 0.3) is 11.0 Å². The van der Waals surface area contributed by atoms with Crippen molar-refractivity contribution in [2.45, 2.75) is 22.9 Å². The fourth-order valence-corrected chi connectivity index (χ4v) is 7.30. The van der Waals surface area contributed by atoms with Crippen molar-refractivity contribution in [2.75, 3.05) is 4.90 Å². The van der Waals surface area contributed by atoms with Crippen LogP contribution in [0, 0.1) is 0 Å². The molecule has 172 valence electrons. The summed E-state index contributed by atoms with van der Waals surface area (Å²) in [6, 6.07) is 43.9. The second-order valence-electron chi connectivity index (χ2n) is 9.02. The van der Waals surface area contributed by atoms with Crippen LogP contribution in [0.5, 0.6) is 0 Å². The van der Waals surface area contributed by atoms with Crippen molar-refractivity contribution in [2.24, 2.45) is 0 Å². The van der Waals surface area contributed by atoms with Gasteiger partial charge in [0.15, 0.2) is 6.54 Å². The van der Waals surface area contributed by atoms with E-state index in [9.17, 15) is 0 Å². The molecule has 0 unspecified atom stereocenters. The smallest absolute Gasteiger partial charge is 0.302 e. The van der Waals surface area contributed by atoms with E-state index in [0.29, 0.717) is 0 Å². The van der Waals surface area contributed by atoms with E-state index < -0.39 is 0 Å². The Morgan fingerprint density at radius 3 is 1.69 bits per heavy atom. The number of rotatable bonds is 4. The summed E-state index contributed by atoms with van der Waals surface area (Å²) in [5.74, 6) is 0. The van der Waals surface area contributed by atoms with Gasteiger partial charge in [0.2, 0.25) is 11.3 Å². The van der Waals surface area contributed by atoms with Crippen molar-refractivity contribution < 1.29 is 4.57 Å². The number of benzene rings is 5. The van der Waals surface area contributed by atoms with Gasteiger partial charge in [0, 0.05) is 46.2 Å². The van der Waals surface area contributed by atoms with Crippen LogP contribution in [0.3, 0.4) is 0 Å². The molecular formula is C32H24N2S2+2. The van der Waals surface area contributed by atoms with Gasteiger partial charge >= 0.3 is 9.40 Å². The molecule has 1 aliphatic heterocycles. The van der Waals surface area contributed by atoms with Gasteiger partial charge in [-0.25, -0.2) is 0 Å². The summed E-state index contributed by atoms with van der Waals surface area (Å²) in [5.41, 5.74) is 7.81. The highest BCUT2D eigenvalue weighted by molar-refractivity contribution is 7.99. The number of hydrogen-bond donors (Lipinski definition) is 0. The fourth-order valence-electron chi connectivity index (χ4n) is 5.11. The molecule has 0 radical (unpaired) electrons. The Balaban J connectivity index is 1.35. The highest BCUT2D eigenvalue weighted by Gasteiger charge is 2.27. The van der Waals surface area contributed by atoms with Crippen molar-refractivity contribution in [3.8, 4) is 0 Å². The predicted molar refractivity (Wildman–Crippen MR) is 152 cm³/mol. The van der Waals surface area contributed by atoms with E-state index in [0.717, 1.165) is 13.1 Å². The lowest BCUT2D eigenvalue weighted by Gasteiger charge is -2.33. The molecule has 0 saturated carbocycles. The summed E-state index contributed by atoms with van der Waals surface area (Å²) in [6.45, 7) is 1.66. The lowest BCUT2D eigenvalue weighted by Crippen LogP contribution is -2.36. The van der Waals surface area contributed by atoms with Gasteiger partial charge in [-0.2, -0.15) is 4.57 Å². The third-order valence-electron chi connectivity index (χ3n) is 6.84. The molecule has 36 heavy (non-hydrogen) atoms. The molecule has 0 spiro atoms. The highest BCUT2D eigenvalue weighted by Crippen LogP contribution is 2.48. The minimum Gasteiger partial charge on any atom is -0.335 e. The Hall–Kier alpha value is -3.73. The Kier molecular flexibility index (Phi) is 5.42. The van der Waals surface area contributed by atoms with Crippen molar-refractivity contribution in [3.05, 3.63) is 132 Å². The van der Waals surface area contributed by atoms with Gasteiger partial charge in [-0.05, 0) is 29.8 Å². The summed E-state index contributed by atoms with van der Waals surface area (Å²) in [6.07, 6.45) is 0. The van der Waals surface area contributed by atoms with E-state index in [1.165, 1.54) is 52.7 Å². The normalized spacial score (nSPS) is 12.5. The van der Waals surface area contributed by atoms with Crippen LogP contribution < -0.4 is 9.47 Å². The van der Waals surface area contributed by atoms with E-state index in [2.05, 4.69) is 131 Å². The van der Waals surface area contributed by atoms with Crippen molar-refractivity contribution in [1.29, 1.82) is 0 Å². The van der Waals surface area contributed by atoms with Crippen LogP contribution in [-0.4, -0.2) is 0 Å². The van der Waals surface area contributed by atoms with Gasteiger partial charge in [-0.3, -0.25) is 0 Å². The van der Waals surface area contributed by atoms with Crippen LogP contribution >= 0.6 is 23.1 Å². The number of anilines is 2. The average molecular weight is 501 g/mol. The molecular weight excluding hydrogens is 477 g/mol. The number of para-hydroxylation sites is 4. The molecule has 4 heteroatoms. The predicted octanol–water partition coefficient (Wildman–Crippen LogP) is 8.47. The first-order valence-electron chi connectivity index (χ1n) is 12.2. The first-order valence-corrected chi connectivity index (χ1v) is 13.8. The molecule has 5 aromatic carbocycles. The zero-order valence-electron chi connectivity index (χ0n) is 19.7. The Morgan fingerprint density at radius 1 is 0.556 bits per heavy atom. The molecule has 2 heterocycles. The van der Waals surface area contributed by atoms with Gasteiger partial charge < -0.3 is 4.90 Å². The number of aromatic nitrogens is 1. The molecule has 0 aliphatic carbocycles. The lowest BCUT2D eigenvalue weighted by atomic mass is 10.1. The minimum absolute atomic E-state index is 0.830. The maximum atomic E-state index is 2.48. The van der Waals surface area contributed by atoms with Crippen LogP contribution in [0.4, 0.5) is 11.4 Å². The second kappa shape index (κ2) is 9.05. The first kappa shape index (κ1) is 21.5. The van der Waals surface area contributed by atoms with Crippen LogP contribution in [0.2, 0.25) is 0 Å². The fraction of sp³-hybridized carbons (Fsp3) is 0.0625. The first-order chi connectivity index (χ1) is 17.8. The standard InChI is InChI=1S/C32H24N2S2/c1-2-12-24(22-34-27-15-5-9-19-31(27)36-32-20-10-6-16-28(32)34)23(11-1)21-33-25-13-3-7-17-29(25)35-30-18-8-4-14-26(30)33/h1-20H,21-22H2/q+2. The van der Waals surface area contributed by atoms with Crippen LogP contribution in [-0.2, 0) is 13.1 Å². The van der Waals surface area contributed by atoms with E-state index in [1.54, 1.807) is 0 Å². The zero-order chi connectivity index (χ0) is 23.9. The molecule has 7 rings (SSSR count). The third kappa shape index (κ3) is 3.74. The molecule has 0 fully saturated rings. The molecule has 2 nitrogen and oxygen atoms in total. The number of fused-ring (bicyclic) bond motifs is 4. The van der Waals surface area contributed by atoms with Crippen molar-refractivity contribution in [1.82, 2.24) is 0 Å². The molecule has 0 atom stereocenters. The summed E-state index contributed by atoms with van der Waals surface area (Å²) in [4.78, 5) is 5.10. The maximum Gasteiger partial charge on any atom is 0.302 e. The third-order valence-corrected chi connectivity index (χ3v) is 9.10. The van der Waals surface area contributed by atoms with Crippen LogP contribution in [0.15, 0.2) is 131 Å². The molecule has 1 aliphatic rings. The number of hydrogen-bond acceptors (Lipinski definition) is 2. The zero-order valence-corrected chi connectivity index (χ0v) is 21.3. The molecule has 0 saturated heterocycles. The van der Waals surface area contributed by atoms with Crippen molar-refractivity contribution >= 4 is 54.9 Å². The van der Waals surface area contributed by atoms with E-state index in [4.69, 9.17) is 0 Å². The Labute approximate surface area is 219 Å². The van der Waals surface area contributed by atoms with E-state index in [1.807, 2.05) is 23.1 Å².